The Kier molecular flexibility index (Phi) is 8.23. The van der Waals surface area contributed by atoms with E-state index in [1.54, 1.807) is 39.3 Å². The normalized spacial score (nSPS) is 17.9. The monoisotopic (exact) mass is 552 g/mol. The zero-order valence-corrected chi connectivity index (χ0v) is 24.1. The van der Waals surface area contributed by atoms with E-state index in [0.29, 0.717) is 52.6 Å². The maximum atomic E-state index is 14.2. The number of ether oxygens (including phenoxy) is 2. The van der Waals surface area contributed by atoms with E-state index in [-0.39, 0.29) is 27.9 Å². The van der Waals surface area contributed by atoms with Gasteiger partial charge in [-0.05, 0) is 38.7 Å². The summed E-state index contributed by atoms with van der Waals surface area (Å²) in [5.74, 6) is 1.22. The second-order valence-electron chi connectivity index (χ2n) is 10.9. The number of rotatable bonds is 7. The molecule has 40 heavy (non-hydrogen) atoms. The molecule has 2 fully saturated rings. The summed E-state index contributed by atoms with van der Waals surface area (Å²) in [6.07, 6.45) is 0. The highest BCUT2D eigenvalue weighted by Gasteiger charge is 2.29. The van der Waals surface area contributed by atoms with Gasteiger partial charge in [0.25, 0.3) is 0 Å². The lowest BCUT2D eigenvalue weighted by Crippen LogP contribution is -2.44. The number of benzene rings is 2. The third-order valence-corrected chi connectivity index (χ3v) is 8.28. The summed E-state index contributed by atoms with van der Waals surface area (Å²) in [5.41, 5.74) is 1.74. The number of likely N-dealkylation sites (N-methyl/N-ethyl adjacent to an activating group) is 2. The van der Waals surface area contributed by atoms with Gasteiger partial charge >= 0.3 is 0 Å². The molecule has 216 valence electrons. The van der Waals surface area contributed by atoms with E-state index in [1.807, 2.05) is 0 Å². The van der Waals surface area contributed by atoms with E-state index in [0.717, 1.165) is 52.4 Å². The number of hydrogen-bond acceptors (Lipinski definition) is 10. The van der Waals surface area contributed by atoms with Crippen molar-refractivity contribution in [3.05, 3.63) is 45.3 Å². The second-order valence-corrected chi connectivity index (χ2v) is 10.9. The van der Waals surface area contributed by atoms with Crippen LogP contribution in [0.15, 0.2) is 27.4 Å². The molecule has 0 unspecified atom stereocenters. The van der Waals surface area contributed by atoms with Crippen molar-refractivity contribution in [1.82, 2.24) is 19.6 Å². The number of phenols is 2. The van der Waals surface area contributed by atoms with Crippen molar-refractivity contribution >= 4 is 11.0 Å². The Balaban J connectivity index is 1.68. The third-order valence-electron chi connectivity index (χ3n) is 8.28. The van der Waals surface area contributed by atoms with Crippen LogP contribution in [0, 0.1) is 6.92 Å². The fraction of sp³-hybridized carbons (Fsp3) is 0.500. The van der Waals surface area contributed by atoms with E-state index in [9.17, 15) is 15.0 Å². The molecule has 3 heterocycles. The zero-order chi connectivity index (χ0) is 28.6. The SMILES string of the molecule is COc1ccc(-c2c(C)oc3c(CN4CCN(C)CC4)c(O)c(CN4CCN(C)CC4)c(O)c3c2=O)cc1OC. The number of aromatic hydroxyl groups is 2. The molecule has 0 atom stereocenters. The van der Waals surface area contributed by atoms with Crippen molar-refractivity contribution in [3.8, 4) is 34.1 Å². The van der Waals surface area contributed by atoms with Crippen LogP contribution in [-0.2, 0) is 13.1 Å². The molecule has 3 aromatic rings. The van der Waals surface area contributed by atoms with Crippen molar-refractivity contribution in [2.45, 2.75) is 20.0 Å². The van der Waals surface area contributed by atoms with Crippen molar-refractivity contribution in [2.24, 2.45) is 0 Å². The van der Waals surface area contributed by atoms with Crippen LogP contribution in [0.2, 0.25) is 0 Å². The van der Waals surface area contributed by atoms with E-state index in [4.69, 9.17) is 13.9 Å². The molecule has 2 saturated heterocycles. The molecule has 0 spiro atoms. The Morgan fingerprint density at radius 2 is 1.35 bits per heavy atom. The second kappa shape index (κ2) is 11.7. The van der Waals surface area contributed by atoms with Gasteiger partial charge in [0, 0.05) is 65.4 Å². The molecule has 0 saturated carbocycles. The molecule has 2 aliphatic rings. The van der Waals surface area contributed by atoms with E-state index < -0.39 is 0 Å². The molecule has 10 nitrogen and oxygen atoms in total. The summed E-state index contributed by atoms with van der Waals surface area (Å²) >= 11 is 0. The predicted octanol–water partition coefficient (Wildman–Crippen LogP) is 2.69. The van der Waals surface area contributed by atoms with E-state index in [2.05, 4.69) is 33.7 Å². The van der Waals surface area contributed by atoms with E-state index >= 15 is 0 Å². The topological polar surface area (TPSA) is 102 Å². The van der Waals surface area contributed by atoms with Crippen molar-refractivity contribution in [3.63, 3.8) is 0 Å². The van der Waals surface area contributed by atoms with Gasteiger partial charge < -0.3 is 33.9 Å². The standard InChI is InChI=1S/C30H40N4O6/c1-19-25(20-6-7-23(38-4)24(16-20)39-5)29(37)26-28(36)21(17-33-12-8-31(2)9-13-33)27(35)22(30(26)40-19)18-34-14-10-32(3)11-15-34/h6-7,16,35-36H,8-15,17-18H2,1-5H3. The fourth-order valence-electron chi connectivity index (χ4n) is 5.71. The van der Waals surface area contributed by atoms with Gasteiger partial charge in [-0.25, -0.2) is 0 Å². The van der Waals surface area contributed by atoms with Gasteiger partial charge in [-0.1, -0.05) is 6.07 Å². The maximum Gasteiger partial charge on any atom is 0.204 e. The lowest BCUT2D eigenvalue weighted by atomic mass is 9.96. The van der Waals surface area contributed by atoms with Crippen LogP contribution >= 0.6 is 0 Å². The van der Waals surface area contributed by atoms with E-state index in [1.165, 1.54) is 0 Å². The van der Waals surface area contributed by atoms with Crippen LogP contribution in [0.25, 0.3) is 22.1 Å². The van der Waals surface area contributed by atoms with Crippen LogP contribution < -0.4 is 14.9 Å². The van der Waals surface area contributed by atoms with Crippen molar-refractivity contribution < 1.29 is 24.1 Å². The summed E-state index contributed by atoms with van der Waals surface area (Å²) in [6.45, 7) is 9.40. The van der Waals surface area contributed by atoms with Gasteiger partial charge in [0.05, 0.1) is 30.9 Å². The van der Waals surface area contributed by atoms with Crippen LogP contribution in [-0.4, -0.2) is 110 Å². The van der Waals surface area contributed by atoms with Gasteiger partial charge in [0.2, 0.25) is 5.43 Å². The quantitative estimate of drug-likeness (QED) is 0.455. The summed E-state index contributed by atoms with van der Waals surface area (Å²) in [4.78, 5) is 23.2. The first-order valence-electron chi connectivity index (χ1n) is 13.8. The molecular formula is C30H40N4O6. The summed E-state index contributed by atoms with van der Waals surface area (Å²) in [5, 5.41) is 23.3. The van der Waals surface area contributed by atoms with Gasteiger partial charge in [-0.15, -0.1) is 0 Å². The molecule has 5 rings (SSSR count). The summed E-state index contributed by atoms with van der Waals surface area (Å²) in [6, 6.07) is 5.25. The molecule has 0 amide bonds. The number of hydrogen-bond donors (Lipinski definition) is 2. The Labute approximate surface area is 234 Å². The lowest BCUT2D eigenvalue weighted by Gasteiger charge is -2.34. The number of nitrogens with zero attached hydrogens (tertiary/aromatic N) is 4. The molecule has 2 N–H and O–H groups in total. The highest BCUT2D eigenvalue weighted by atomic mass is 16.5. The van der Waals surface area contributed by atoms with Crippen molar-refractivity contribution in [2.75, 3.05) is 80.7 Å². The molecule has 1 aromatic heterocycles. The first-order chi connectivity index (χ1) is 19.2. The number of aryl methyl sites for hydroxylation is 1. The molecular weight excluding hydrogens is 512 g/mol. The minimum atomic E-state index is -0.345. The molecule has 2 aliphatic heterocycles. The number of piperazine rings is 2. The number of fused-ring (bicyclic) bond motifs is 1. The Hall–Kier alpha value is -3.31. The number of phenolic OH excluding ortho intramolecular Hbond substituents is 2. The summed E-state index contributed by atoms with van der Waals surface area (Å²) in [7, 11) is 7.28. The molecule has 2 aromatic carbocycles. The zero-order valence-electron chi connectivity index (χ0n) is 24.1. The largest absolute Gasteiger partial charge is 0.507 e. The Morgan fingerprint density at radius 3 is 1.90 bits per heavy atom. The van der Waals surface area contributed by atoms with Gasteiger partial charge in [-0.3, -0.25) is 14.6 Å². The first-order valence-corrected chi connectivity index (χ1v) is 13.8. The van der Waals surface area contributed by atoms with Crippen LogP contribution in [0.1, 0.15) is 16.9 Å². The average molecular weight is 553 g/mol. The van der Waals surface area contributed by atoms with Crippen LogP contribution in [0.4, 0.5) is 0 Å². The number of methoxy groups -OCH3 is 2. The lowest BCUT2D eigenvalue weighted by molar-refractivity contribution is 0.143. The van der Waals surface area contributed by atoms with Crippen LogP contribution in [0.3, 0.4) is 0 Å². The van der Waals surface area contributed by atoms with Crippen molar-refractivity contribution in [1.29, 1.82) is 0 Å². The van der Waals surface area contributed by atoms with Crippen LogP contribution in [0.5, 0.6) is 23.0 Å². The minimum Gasteiger partial charge on any atom is -0.507 e. The Bertz CT molecular complexity index is 1440. The van der Waals surface area contributed by atoms with Gasteiger partial charge in [-0.2, -0.15) is 0 Å². The van der Waals surface area contributed by atoms with Gasteiger partial charge in [0.1, 0.15) is 28.2 Å². The minimum absolute atomic E-state index is 0.00396. The predicted molar refractivity (Wildman–Crippen MR) is 155 cm³/mol. The molecule has 0 aliphatic carbocycles. The Morgan fingerprint density at radius 1 is 0.800 bits per heavy atom. The summed E-state index contributed by atoms with van der Waals surface area (Å²) < 4.78 is 17.2. The van der Waals surface area contributed by atoms with Gasteiger partial charge in [0.15, 0.2) is 11.5 Å². The first kappa shape index (κ1) is 28.2. The highest BCUT2D eigenvalue weighted by Crippen LogP contribution is 2.42. The smallest absolute Gasteiger partial charge is 0.204 e. The fourth-order valence-corrected chi connectivity index (χ4v) is 5.71. The maximum absolute atomic E-state index is 14.2. The highest BCUT2D eigenvalue weighted by molar-refractivity contribution is 5.93. The molecule has 0 radical (unpaired) electrons. The molecule has 10 heteroatoms. The third kappa shape index (κ3) is 5.36. The molecule has 0 bridgehead atoms. The average Bonchev–Trinajstić information content (AvgIpc) is 2.95.